The maximum Gasteiger partial charge on any atom is 0.201 e. The molecule has 0 spiro atoms. The van der Waals surface area contributed by atoms with E-state index in [2.05, 4.69) is 64.2 Å². The maximum absolute atomic E-state index is 5.93. The highest BCUT2D eigenvalue weighted by Gasteiger charge is 2.12. The number of imidazole rings is 1. The van der Waals surface area contributed by atoms with E-state index in [1.165, 1.54) is 3.57 Å². The largest absolute Gasteiger partial charge is 0.369 e. The highest BCUT2D eigenvalue weighted by molar-refractivity contribution is 14.1. The summed E-state index contributed by atoms with van der Waals surface area (Å²) in [5, 5.41) is 0. The van der Waals surface area contributed by atoms with Gasteiger partial charge >= 0.3 is 0 Å². The van der Waals surface area contributed by atoms with Crippen molar-refractivity contribution in [3.05, 3.63) is 21.8 Å². The van der Waals surface area contributed by atoms with Gasteiger partial charge in [0.1, 0.15) is 0 Å². The van der Waals surface area contributed by atoms with Crippen molar-refractivity contribution in [3.63, 3.8) is 0 Å². The Kier molecular flexibility index (Phi) is 2.86. The van der Waals surface area contributed by atoms with Gasteiger partial charge < -0.3 is 10.3 Å². The number of aromatic nitrogens is 2. The van der Waals surface area contributed by atoms with Crippen LogP contribution >= 0.6 is 22.6 Å². The molecule has 1 aromatic carbocycles. The summed E-state index contributed by atoms with van der Waals surface area (Å²) < 4.78 is 3.29. The molecule has 0 saturated heterocycles. The summed E-state index contributed by atoms with van der Waals surface area (Å²) in [4.78, 5) is 4.38. The van der Waals surface area contributed by atoms with Gasteiger partial charge in [0.25, 0.3) is 0 Å². The van der Waals surface area contributed by atoms with Crippen LogP contribution in [0.4, 0.5) is 5.95 Å². The Morgan fingerprint density at radius 2 is 2.27 bits per heavy atom. The third kappa shape index (κ3) is 1.82. The molecular weight excluding hydrogens is 301 g/mol. The molecule has 80 valence electrons. The van der Waals surface area contributed by atoms with Gasteiger partial charge in [-0.1, -0.05) is 6.92 Å². The van der Waals surface area contributed by atoms with E-state index in [1.54, 1.807) is 0 Å². The van der Waals surface area contributed by atoms with Gasteiger partial charge in [0.2, 0.25) is 5.95 Å². The standard InChI is InChI=1S/C11H14IN3/c1-3-7(2)15-10-5-4-8(12)6-9(10)14-11(15)13/h4-7H,3H2,1-2H3,(H2,13,14). The molecule has 0 radical (unpaired) electrons. The van der Waals surface area contributed by atoms with Crippen LogP contribution in [-0.2, 0) is 0 Å². The lowest BCUT2D eigenvalue weighted by Crippen LogP contribution is -2.07. The topological polar surface area (TPSA) is 43.8 Å². The Labute approximate surface area is 103 Å². The van der Waals surface area contributed by atoms with Gasteiger partial charge in [-0.15, -0.1) is 0 Å². The Morgan fingerprint density at radius 3 is 2.93 bits per heavy atom. The van der Waals surface area contributed by atoms with Gasteiger partial charge in [0, 0.05) is 9.61 Å². The molecule has 0 bridgehead atoms. The molecule has 0 saturated carbocycles. The zero-order valence-corrected chi connectivity index (χ0v) is 11.0. The fourth-order valence-electron chi connectivity index (χ4n) is 1.74. The number of nitrogen functional groups attached to an aromatic ring is 1. The second kappa shape index (κ2) is 4.00. The number of benzene rings is 1. The summed E-state index contributed by atoms with van der Waals surface area (Å²) in [6.45, 7) is 4.32. The van der Waals surface area contributed by atoms with Gasteiger partial charge in [-0.25, -0.2) is 4.98 Å². The molecular formula is C11H14IN3. The zero-order valence-electron chi connectivity index (χ0n) is 8.87. The highest BCUT2D eigenvalue weighted by Crippen LogP contribution is 2.25. The smallest absolute Gasteiger partial charge is 0.201 e. The first-order valence-corrected chi connectivity index (χ1v) is 6.14. The van der Waals surface area contributed by atoms with Crippen LogP contribution in [0.15, 0.2) is 18.2 Å². The van der Waals surface area contributed by atoms with Crippen LogP contribution in [0.25, 0.3) is 11.0 Å². The van der Waals surface area contributed by atoms with E-state index in [-0.39, 0.29) is 0 Å². The number of halogens is 1. The second-order valence-corrected chi connectivity index (χ2v) is 4.98. The van der Waals surface area contributed by atoms with Crippen LogP contribution in [0.1, 0.15) is 26.3 Å². The number of anilines is 1. The van der Waals surface area contributed by atoms with E-state index < -0.39 is 0 Å². The third-order valence-corrected chi connectivity index (χ3v) is 3.38. The minimum absolute atomic E-state index is 0.398. The Balaban J connectivity index is 2.68. The molecule has 0 aliphatic carbocycles. The molecule has 0 aliphatic heterocycles. The van der Waals surface area contributed by atoms with Crippen LogP contribution in [0.3, 0.4) is 0 Å². The zero-order chi connectivity index (χ0) is 11.0. The Bertz CT molecular complexity index is 490. The number of rotatable bonds is 2. The minimum atomic E-state index is 0.398. The number of hydrogen-bond acceptors (Lipinski definition) is 2. The summed E-state index contributed by atoms with van der Waals surface area (Å²) in [7, 11) is 0. The quantitative estimate of drug-likeness (QED) is 0.865. The van der Waals surface area contributed by atoms with E-state index in [4.69, 9.17) is 5.73 Å². The molecule has 2 aromatic rings. The summed E-state index contributed by atoms with van der Waals surface area (Å²) in [5.74, 6) is 0.612. The van der Waals surface area contributed by atoms with Crippen molar-refractivity contribution in [2.75, 3.05) is 5.73 Å². The lowest BCUT2D eigenvalue weighted by Gasteiger charge is -2.13. The van der Waals surface area contributed by atoms with Crippen LogP contribution in [0.5, 0.6) is 0 Å². The van der Waals surface area contributed by atoms with Crippen molar-refractivity contribution in [2.24, 2.45) is 0 Å². The van der Waals surface area contributed by atoms with Crippen LogP contribution in [-0.4, -0.2) is 9.55 Å². The Morgan fingerprint density at radius 1 is 1.53 bits per heavy atom. The molecule has 1 heterocycles. The third-order valence-electron chi connectivity index (χ3n) is 2.71. The van der Waals surface area contributed by atoms with E-state index in [0.29, 0.717) is 12.0 Å². The van der Waals surface area contributed by atoms with E-state index in [0.717, 1.165) is 17.5 Å². The van der Waals surface area contributed by atoms with Gasteiger partial charge in [0.05, 0.1) is 11.0 Å². The maximum atomic E-state index is 5.93. The van der Waals surface area contributed by atoms with Crippen molar-refractivity contribution in [1.29, 1.82) is 0 Å². The lowest BCUT2D eigenvalue weighted by atomic mass is 10.2. The molecule has 1 unspecified atom stereocenters. The first-order chi connectivity index (χ1) is 7.13. The number of hydrogen-bond donors (Lipinski definition) is 1. The average Bonchev–Trinajstić information content (AvgIpc) is 2.52. The predicted molar refractivity (Wildman–Crippen MR) is 71.9 cm³/mol. The molecule has 0 fully saturated rings. The van der Waals surface area contributed by atoms with Crippen molar-refractivity contribution in [2.45, 2.75) is 26.3 Å². The normalized spacial score (nSPS) is 13.3. The van der Waals surface area contributed by atoms with Gasteiger partial charge in [-0.05, 0) is 54.1 Å². The first kappa shape index (κ1) is 10.7. The Hall–Kier alpha value is -0.780. The average molecular weight is 315 g/mol. The van der Waals surface area contributed by atoms with E-state index in [1.807, 2.05) is 0 Å². The van der Waals surface area contributed by atoms with Crippen LogP contribution in [0.2, 0.25) is 0 Å². The molecule has 0 aliphatic rings. The molecule has 0 amide bonds. The summed E-state index contributed by atoms with van der Waals surface area (Å²) >= 11 is 2.29. The van der Waals surface area contributed by atoms with Crippen molar-refractivity contribution in [1.82, 2.24) is 9.55 Å². The molecule has 4 heteroatoms. The molecule has 3 nitrogen and oxygen atoms in total. The monoisotopic (exact) mass is 315 g/mol. The van der Waals surface area contributed by atoms with E-state index >= 15 is 0 Å². The predicted octanol–water partition coefficient (Wildman–Crippen LogP) is 3.19. The van der Waals surface area contributed by atoms with Gasteiger partial charge in [0.15, 0.2) is 0 Å². The SMILES string of the molecule is CCC(C)n1c(N)nc2cc(I)ccc21. The lowest BCUT2D eigenvalue weighted by molar-refractivity contribution is 0.552. The first-order valence-electron chi connectivity index (χ1n) is 5.06. The van der Waals surface area contributed by atoms with Crippen molar-refractivity contribution < 1.29 is 0 Å². The molecule has 1 atom stereocenters. The number of nitrogens with zero attached hydrogens (tertiary/aromatic N) is 2. The van der Waals surface area contributed by atoms with Gasteiger partial charge in [-0.3, -0.25) is 0 Å². The fraction of sp³-hybridized carbons (Fsp3) is 0.364. The van der Waals surface area contributed by atoms with Crippen LogP contribution < -0.4 is 5.73 Å². The van der Waals surface area contributed by atoms with Crippen molar-refractivity contribution >= 4 is 39.6 Å². The summed E-state index contributed by atoms with van der Waals surface area (Å²) in [5.41, 5.74) is 8.04. The fourth-order valence-corrected chi connectivity index (χ4v) is 2.21. The number of fused-ring (bicyclic) bond motifs is 1. The molecule has 1 aromatic heterocycles. The molecule has 2 rings (SSSR count). The summed E-state index contributed by atoms with van der Waals surface area (Å²) in [6, 6.07) is 6.63. The molecule has 15 heavy (non-hydrogen) atoms. The minimum Gasteiger partial charge on any atom is -0.369 e. The number of nitrogens with two attached hydrogens (primary N) is 1. The second-order valence-electron chi connectivity index (χ2n) is 3.73. The van der Waals surface area contributed by atoms with Crippen molar-refractivity contribution in [3.8, 4) is 0 Å². The molecule has 2 N–H and O–H groups in total. The highest BCUT2D eigenvalue weighted by atomic mass is 127. The van der Waals surface area contributed by atoms with Crippen LogP contribution in [0, 0.1) is 3.57 Å². The van der Waals surface area contributed by atoms with Gasteiger partial charge in [-0.2, -0.15) is 0 Å². The summed E-state index contributed by atoms with van der Waals surface area (Å²) in [6.07, 6.45) is 1.06. The van der Waals surface area contributed by atoms with E-state index in [9.17, 15) is 0 Å².